The van der Waals surface area contributed by atoms with Gasteiger partial charge in [-0.1, -0.05) is 32.0 Å². The fourth-order valence-corrected chi connectivity index (χ4v) is 4.28. The molecular weight excluding hydrogens is 380 g/mol. The van der Waals surface area contributed by atoms with Gasteiger partial charge in [0.25, 0.3) is 11.5 Å². The van der Waals surface area contributed by atoms with Gasteiger partial charge in [-0.3, -0.25) is 19.1 Å². The van der Waals surface area contributed by atoms with Crippen LogP contribution in [-0.2, 0) is 13.0 Å². The molecule has 7 nitrogen and oxygen atoms in total. The fraction of sp³-hybridized carbons (Fsp3) is 0.391. The summed E-state index contributed by atoms with van der Waals surface area (Å²) in [6.07, 6.45) is 2.81. The van der Waals surface area contributed by atoms with Crippen molar-refractivity contribution in [2.24, 2.45) is 5.92 Å². The second-order valence-electron chi connectivity index (χ2n) is 8.67. The molecule has 0 unspecified atom stereocenters. The number of para-hydroxylation sites is 1. The fourth-order valence-electron chi connectivity index (χ4n) is 4.28. The predicted molar refractivity (Wildman–Crippen MR) is 115 cm³/mol. The minimum atomic E-state index is -0.555. The number of hydrogen-bond acceptors (Lipinski definition) is 4. The molecule has 3 aromatic rings. The molecule has 1 saturated carbocycles. The van der Waals surface area contributed by atoms with E-state index in [1.54, 1.807) is 11.0 Å². The third-order valence-electron chi connectivity index (χ3n) is 5.87. The molecule has 1 N–H and O–H groups in total. The summed E-state index contributed by atoms with van der Waals surface area (Å²) >= 11 is 0. The smallest absolute Gasteiger partial charge is 0.308 e. The molecule has 1 amide bonds. The highest BCUT2D eigenvalue weighted by Crippen LogP contribution is 2.40. The van der Waals surface area contributed by atoms with Crippen molar-refractivity contribution in [1.29, 1.82) is 0 Å². The number of anilines is 1. The summed E-state index contributed by atoms with van der Waals surface area (Å²) < 4.78 is 1.50. The van der Waals surface area contributed by atoms with Crippen molar-refractivity contribution in [3.8, 4) is 0 Å². The first-order chi connectivity index (χ1) is 14.4. The number of pyridine rings is 1. The zero-order valence-corrected chi connectivity index (χ0v) is 17.1. The lowest BCUT2D eigenvalue weighted by Crippen LogP contribution is -2.35. The van der Waals surface area contributed by atoms with E-state index in [0.29, 0.717) is 24.3 Å². The van der Waals surface area contributed by atoms with Crippen molar-refractivity contribution < 1.29 is 4.79 Å². The van der Waals surface area contributed by atoms with E-state index in [0.717, 1.165) is 36.2 Å². The third-order valence-corrected chi connectivity index (χ3v) is 5.87. The minimum absolute atomic E-state index is 0.188. The maximum absolute atomic E-state index is 13.6. The standard InChI is InChI=1S/C23H24N4O3/c1-13(2)12-27-20-19(21(28)25-23(27)30)16(11-17(24-20)14-7-8-14)22(29)26-10-9-15-5-3-4-6-18(15)26/h3-6,11,13-14H,7-10,12H2,1-2H3,(H,25,28,30). The maximum Gasteiger partial charge on any atom is 0.330 e. The Balaban J connectivity index is 1.75. The van der Waals surface area contributed by atoms with E-state index < -0.39 is 11.2 Å². The van der Waals surface area contributed by atoms with Crippen LogP contribution in [0.2, 0.25) is 0 Å². The Morgan fingerprint density at radius 2 is 2.00 bits per heavy atom. The van der Waals surface area contributed by atoms with Crippen LogP contribution in [-0.4, -0.2) is 27.0 Å². The van der Waals surface area contributed by atoms with Crippen LogP contribution in [0, 0.1) is 5.92 Å². The Bertz CT molecular complexity index is 1280. The summed E-state index contributed by atoms with van der Waals surface area (Å²) in [5.41, 5.74) is 2.41. The number of amides is 1. The maximum atomic E-state index is 13.6. The van der Waals surface area contributed by atoms with E-state index in [1.807, 2.05) is 38.1 Å². The number of nitrogens with one attached hydrogen (secondary N) is 1. The molecule has 1 aliphatic heterocycles. The average molecular weight is 404 g/mol. The molecule has 30 heavy (non-hydrogen) atoms. The molecule has 0 saturated heterocycles. The SMILES string of the molecule is CC(C)Cn1c(=O)[nH]c(=O)c2c(C(=O)N3CCc4ccccc43)cc(C3CC3)nc21. The summed E-state index contributed by atoms with van der Waals surface area (Å²) in [5.74, 6) is 0.260. The van der Waals surface area contributed by atoms with E-state index in [1.165, 1.54) is 4.57 Å². The molecule has 2 aromatic heterocycles. The highest BCUT2D eigenvalue weighted by atomic mass is 16.2. The van der Waals surface area contributed by atoms with Crippen molar-refractivity contribution in [3.05, 3.63) is 68.0 Å². The lowest BCUT2D eigenvalue weighted by atomic mass is 10.1. The Morgan fingerprint density at radius 1 is 1.23 bits per heavy atom. The number of fused-ring (bicyclic) bond motifs is 2. The van der Waals surface area contributed by atoms with Gasteiger partial charge in [-0.15, -0.1) is 0 Å². The summed E-state index contributed by atoms with van der Waals surface area (Å²) in [5, 5.41) is 0.203. The highest BCUT2D eigenvalue weighted by molar-refractivity contribution is 6.13. The molecule has 0 atom stereocenters. The zero-order chi connectivity index (χ0) is 21.0. The lowest BCUT2D eigenvalue weighted by molar-refractivity contribution is 0.0990. The predicted octanol–water partition coefficient (Wildman–Crippen LogP) is 2.82. The number of carbonyl (C=O) groups excluding carboxylic acids is 1. The second-order valence-corrected chi connectivity index (χ2v) is 8.67. The monoisotopic (exact) mass is 404 g/mol. The topological polar surface area (TPSA) is 88.1 Å². The first-order valence-electron chi connectivity index (χ1n) is 10.5. The van der Waals surface area contributed by atoms with E-state index >= 15 is 0 Å². The van der Waals surface area contributed by atoms with Crippen LogP contribution in [0.1, 0.15) is 54.2 Å². The molecule has 2 aliphatic rings. The first-order valence-corrected chi connectivity index (χ1v) is 10.5. The van der Waals surface area contributed by atoms with Crippen molar-refractivity contribution in [2.45, 2.75) is 45.6 Å². The van der Waals surface area contributed by atoms with Crippen LogP contribution < -0.4 is 16.1 Å². The van der Waals surface area contributed by atoms with Crippen LogP contribution in [0.3, 0.4) is 0 Å². The minimum Gasteiger partial charge on any atom is -0.308 e. The largest absolute Gasteiger partial charge is 0.330 e. The van der Waals surface area contributed by atoms with E-state index in [4.69, 9.17) is 4.98 Å². The summed E-state index contributed by atoms with van der Waals surface area (Å²) in [7, 11) is 0. The van der Waals surface area contributed by atoms with Gasteiger partial charge in [0.1, 0.15) is 0 Å². The Morgan fingerprint density at radius 3 is 2.73 bits per heavy atom. The van der Waals surface area contributed by atoms with Gasteiger partial charge in [0.2, 0.25) is 0 Å². The van der Waals surface area contributed by atoms with E-state index in [9.17, 15) is 14.4 Å². The van der Waals surface area contributed by atoms with Crippen molar-refractivity contribution in [3.63, 3.8) is 0 Å². The van der Waals surface area contributed by atoms with Crippen LogP contribution in [0.15, 0.2) is 39.9 Å². The molecule has 1 aliphatic carbocycles. The third kappa shape index (κ3) is 3.05. The van der Waals surface area contributed by atoms with Gasteiger partial charge in [0.15, 0.2) is 5.65 Å². The van der Waals surface area contributed by atoms with Crippen LogP contribution >= 0.6 is 0 Å². The molecule has 154 valence electrons. The molecule has 0 radical (unpaired) electrons. The van der Waals surface area contributed by atoms with Gasteiger partial charge in [0, 0.05) is 30.4 Å². The van der Waals surface area contributed by atoms with Gasteiger partial charge in [-0.05, 0) is 42.9 Å². The van der Waals surface area contributed by atoms with E-state index in [2.05, 4.69) is 4.98 Å². The number of hydrogen-bond donors (Lipinski definition) is 1. The van der Waals surface area contributed by atoms with Gasteiger partial charge in [-0.25, -0.2) is 9.78 Å². The Labute approximate surface area is 173 Å². The summed E-state index contributed by atoms with van der Waals surface area (Å²) in [6, 6.07) is 9.61. The van der Waals surface area contributed by atoms with Gasteiger partial charge < -0.3 is 4.90 Å². The van der Waals surface area contributed by atoms with Crippen molar-refractivity contribution in [1.82, 2.24) is 14.5 Å². The average Bonchev–Trinajstić information content (AvgIpc) is 3.48. The highest BCUT2D eigenvalue weighted by Gasteiger charge is 2.32. The van der Waals surface area contributed by atoms with Gasteiger partial charge in [0.05, 0.1) is 10.9 Å². The second kappa shape index (κ2) is 6.93. The lowest BCUT2D eigenvalue weighted by Gasteiger charge is -2.20. The molecule has 7 heteroatoms. The normalized spacial score (nSPS) is 15.8. The van der Waals surface area contributed by atoms with Crippen molar-refractivity contribution >= 4 is 22.6 Å². The number of nitrogens with zero attached hydrogens (tertiary/aromatic N) is 3. The molecule has 3 heterocycles. The molecule has 0 bridgehead atoms. The molecule has 5 rings (SSSR count). The van der Waals surface area contributed by atoms with Gasteiger partial charge >= 0.3 is 5.69 Å². The first kappa shape index (κ1) is 18.8. The number of rotatable bonds is 4. The molecule has 0 spiro atoms. The van der Waals surface area contributed by atoms with Crippen LogP contribution in [0.25, 0.3) is 11.0 Å². The number of benzene rings is 1. The Hall–Kier alpha value is -3.22. The summed E-state index contributed by atoms with van der Waals surface area (Å²) in [6.45, 7) is 5.00. The number of H-pyrrole nitrogens is 1. The number of aromatic amines is 1. The Kier molecular flexibility index (Phi) is 4.34. The molecular formula is C23H24N4O3. The molecule has 1 fully saturated rings. The van der Waals surface area contributed by atoms with E-state index in [-0.39, 0.29) is 23.1 Å². The van der Waals surface area contributed by atoms with Gasteiger partial charge in [-0.2, -0.15) is 0 Å². The van der Waals surface area contributed by atoms with Crippen molar-refractivity contribution in [2.75, 3.05) is 11.4 Å². The van der Waals surface area contributed by atoms with Crippen LogP contribution in [0.5, 0.6) is 0 Å². The summed E-state index contributed by atoms with van der Waals surface area (Å²) in [4.78, 5) is 47.9. The number of carbonyl (C=O) groups is 1. The number of aromatic nitrogens is 3. The zero-order valence-electron chi connectivity index (χ0n) is 17.1. The molecule has 1 aromatic carbocycles. The quantitative estimate of drug-likeness (QED) is 0.724. The van der Waals surface area contributed by atoms with Crippen LogP contribution in [0.4, 0.5) is 5.69 Å².